The van der Waals surface area contributed by atoms with Gasteiger partial charge in [0.05, 0.1) is 12.7 Å². The van der Waals surface area contributed by atoms with E-state index in [4.69, 9.17) is 19.3 Å². The van der Waals surface area contributed by atoms with Crippen LogP contribution in [0.5, 0.6) is 0 Å². The van der Waals surface area contributed by atoms with E-state index in [2.05, 4.69) is 54.8 Å². The van der Waals surface area contributed by atoms with E-state index in [1.165, 1.54) is 38.5 Å². The highest BCUT2D eigenvalue weighted by Gasteiger charge is 2.22. The van der Waals surface area contributed by atoms with Crippen LogP contribution in [-0.2, 0) is 28.2 Å². The fraction of sp³-hybridized carbons (Fsp3) is 0.628. The molecule has 0 aromatic carbocycles. The van der Waals surface area contributed by atoms with Crippen molar-refractivity contribution in [2.24, 2.45) is 0 Å². The lowest BCUT2D eigenvalue weighted by Crippen LogP contribution is -2.29. The average Bonchev–Trinajstić information content (AvgIpc) is 3.12. The molecule has 0 amide bonds. The average molecular weight is 763 g/mol. The summed E-state index contributed by atoms with van der Waals surface area (Å²) in [7, 11) is -4.79. The van der Waals surface area contributed by atoms with Crippen molar-refractivity contribution < 1.29 is 43.0 Å². The maximum Gasteiger partial charge on any atom is 0.469 e. The van der Waals surface area contributed by atoms with Crippen molar-refractivity contribution in [1.29, 1.82) is 0 Å². The molecule has 0 aliphatic carbocycles. The predicted octanol–water partition coefficient (Wildman–Crippen LogP) is 11.0. The topological polar surface area (TPSA) is 140 Å². The molecule has 302 valence electrons. The van der Waals surface area contributed by atoms with Gasteiger partial charge in [0, 0.05) is 12.8 Å². The van der Waals surface area contributed by atoms with Crippen LogP contribution in [-0.4, -0.2) is 52.3 Å². The van der Waals surface area contributed by atoms with Crippen LogP contribution in [0.3, 0.4) is 0 Å². The molecule has 0 fully saturated rings. The summed E-state index contributed by atoms with van der Waals surface area (Å²) in [6.07, 6.45) is 46.2. The van der Waals surface area contributed by atoms with Gasteiger partial charge in [-0.3, -0.25) is 14.1 Å². The molecular formula is C43H71O9P. The maximum absolute atomic E-state index is 12.4. The van der Waals surface area contributed by atoms with Crippen molar-refractivity contribution in [3.63, 3.8) is 0 Å². The lowest BCUT2D eigenvalue weighted by molar-refractivity contribution is -0.161. The van der Waals surface area contributed by atoms with Crippen LogP contribution in [0.1, 0.15) is 149 Å². The van der Waals surface area contributed by atoms with Crippen LogP contribution in [0.25, 0.3) is 0 Å². The summed E-state index contributed by atoms with van der Waals surface area (Å²) < 4.78 is 26.3. The Kier molecular flexibility index (Phi) is 35.5. The van der Waals surface area contributed by atoms with Crippen molar-refractivity contribution in [3.8, 4) is 0 Å². The van der Waals surface area contributed by atoms with Crippen molar-refractivity contribution in [3.05, 3.63) is 85.1 Å². The van der Waals surface area contributed by atoms with Gasteiger partial charge in [0.15, 0.2) is 6.10 Å². The lowest BCUT2D eigenvalue weighted by Gasteiger charge is -2.18. The van der Waals surface area contributed by atoms with Gasteiger partial charge >= 0.3 is 19.8 Å². The Bertz CT molecular complexity index is 1150. The van der Waals surface area contributed by atoms with E-state index in [0.717, 1.165) is 57.8 Å². The van der Waals surface area contributed by atoms with Gasteiger partial charge in [0.25, 0.3) is 0 Å². The highest BCUT2D eigenvalue weighted by Crippen LogP contribution is 2.36. The summed E-state index contributed by atoms with van der Waals surface area (Å²) in [4.78, 5) is 42.8. The van der Waals surface area contributed by atoms with Gasteiger partial charge in [-0.15, -0.1) is 0 Å². The minimum Gasteiger partial charge on any atom is -0.462 e. The van der Waals surface area contributed by atoms with E-state index in [9.17, 15) is 19.3 Å². The second kappa shape index (κ2) is 37.5. The van der Waals surface area contributed by atoms with Gasteiger partial charge in [-0.2, -0.15) is 0 Å². The zero-order chi connectivity index (χ0) is 39.1. The van der Waals surface area contributed by atoms with Gasteiger partial charge in [-0.05, 0) is 77.0 Å². The normalized spacial score (nSPS) is 14.0. The Hall–Kier alpha value is -2.81. The molecular weight excluding hydrogens is 691 g/mol. The SMILES string of the molecule is CC/C=C\C/C=C\CC(O)/C=C/C=C\C/C=C\CCCC(=O)OC[C@H](COP(=O)(O)O)OC(=O)CCCCCCCCC/C=C\C/C=C\CCCCC. The lowest BCUT2D eigenvalue weighted by atomic mass is 10.1. The molecule has 0 saturated carbocycles. The highest BCUT2D eigenvalue weighted by atomic mass is 31.2. The number of carbonyl (C=O) groups excluding carboxylic acids is 2. The fourth-order valence-corrected chi connectivity index (χ4v) is 5.35. The molecule has 0 heterocycles. The second-order valence-electron chi connectivity index (χ2n) is 13.1. The van der Waals surface area contributed by atoms with Crippen LogP contribution in [0.4, 0.5) is 0 Å². The maximum atomic E-state index is 12.4. The van der Waals surface area contributed by atoms with Crippen molar-refractivity contribution in [2.45, 2.75) is 161 Å². The standard InChI is InChI=1S/C43H71O9P/c1-3-5-7-9-11-12-13-14-15-16-17-18-19-20-25-29-33-37-43(46)52-41(39-51-53(47,48)49)38-50-42(45)36-32-28-24-22-21-23-27-31-35-40(44)34-30-26-10-8-6-4-2/h6,8,11-12,14-15,22-24,26-27,30-31,35,40-41,44H,3-5,7,9-10,13,16-21,25,28-29,32-34,36-39H2,1-2H3,(H2,47,48,49)/b8-6-,12-11-,15-14-,24-22-,27-23-,30-26-,35-31+/t40?,41-/m1/s1. The Balaban J connectivity index is 4.14. The summed E-state index contributed by atoms with van der Waals surface area (Å²) in [5.41, 5.74) is 0. The highest BCUT2D eigenvalue weighted by molar-refractivity contribution is 7.46. The van der Waals surface area contributed by atoms with Crippen LogP contribution in [0, 0.1) is 0 Å². The Morgan fingerprint density at radius 3 is 1.79 bits per heavy atom. The zero-order valence-corrected chi connectivity index (χ0v) is 33.6. The molecule has 53 heavy (non-hydrogen) atoms. The minimum absolute atomic E-state index is 0.151. The summed E-state index contributed by atoms with van der Waals surface area (Å²) >= 11 is 0. The van der Waals surface area contributed by atoms with Gasteiger partial charge < -0.3 is 24.4 Å². The minimum atomic E-state index is -4.79. The van der Waals surface area contributed by atoms with Crippen LogP contribution < -0.4 is 0 Å². The molecule has 9 nitrogen and oxygen atoms in total. The number of phosphoric acid groups is 1. The van der Waals surface area contributed by atoms with Crippen molar-refractivity contribution in [1.82, 2.24) is 0 Å². The first kappa shape index (κ1) is 50.2. The number of rotatable bonds is 35. The number of ether oxygens (including phenoxy) is 2. The van der Waals surface area contributed by atoms with E-state index in [-0.39, 0.29) is 19.4 Å². The molecule has 10 heteroatoms. The summed E-state index contributed by atoms with van der Waals surface area (Å²) in [6.45, 7) is 3.40. The molecule has 0 bridgehead atoms. The van der Waals surface area contributed by atoms with E-state index < -0.39 is 38.6 Å². The first-order valence-electron chi connectivity index (χ1n) is 20.0. The number of allylic oxidation sites excluding steroid dienone is 12. The number of esters is 2. The van der Waals surface area contributed by atoms with E-state index in [1.54, 1.807) is 6.08 Å². The zero-order valence-electron chi connectivity index (χ0n) is 32.7. The Morgan fingerprint density at radius 2 is 1.15 bits per heavy atom. The third-order valence-electron chi connectivity index (χ3n) is 7.98. The van der Waals surface area contributed by atoms with Gasteiger partial charge in [0.1, 0.15) is 6.61 Å². The molecule has 1 unspecified atom stereocenters. The second-order valence-corrected chi connectivity index (χ2v) is 14.3. The number of aliphatic hydroxyl groups is 1. The van der Waals surface area contributed by atoms with E-state index >= 15 is 0 Å². The number of phosphoric ester groups is 1. The molecule has 0 aliphatic heterocycles. The van der Waals surface area contributed by atoms with Crippen molar-refractivity contribution in [2.75, 3.05) is 13.2 Å². The van der Waals surface area contributed by atoms with E-state index in [1.807, 2.05) is 42.5 Å². The number of hydrogen-bond donors (Lipinski definition) is 3. The smallest absolute Gasteiger partial charge is 0.462 e. The number of unbranched alkanes of at least 4 members (excludes halogenated alkanes) is 11. The molecule has 0 aromatic rings. The molecule has 0 rings (SSSR count). The quantitative estimate of drug-likeness (QED) is 0.0189. The molecule has 0 radical (unpaired) electrons. The third-order valence-corrected chi connectivity index (χ3v) is 8.46. The van der Waals surface area contributed by atoms with E-state index in [0.29, 0.717) is 25.7 Å². The Labute approximate surface area is 321 Å². The van der Waals surface area contributed by atoms with Gasteiger partial charge in [0.2, 0.25) is 0 Å². The monoisotopic (exact) mass is 762 g/mol. The molecule has 3 N–H and O–H groups in total. The van der Waals surface area contributed by atoms with Gasteiger partial charge in [-0.25, -0.2) is 4.57 Å². The number of carbonyl (C=O) groups is 2. The van der Waals surface area contributed by atoms with Crippen LogP contribution >= 0.6 is 7.82 Å². The summed E-state index contributed by atoms with van der Waals surface area (Å²) in [5.74, 6) is -1.01. The van der Waals surface area contributed by atoms with Gasteiger partial charge in [-0.1, -0.05) is 144 Å². The first-order chi connectivity index (χ1) is 25.7. The molecule has 0 aliphatic rings. The summed E-state index contributed by atoms with van der Waals surface area (Å²) in [5, 5.41) is 9.97. The summed E-state index contributed by atoms with van der Waals surface area (Å²) in [6, 6.07) is 0. The van der Waals surface area contributed by atoms with Crippen LogP contribution in [0.15, 0.2) is 85.1 Å². The number of hydrogen-bond acceptors (Lipinski definition) is 7. The molecule has 0 spiro atoms. The molecule has 0 saturated heterocycles. The third kappa shape index (κ3) is 40.2. The number of aliphatic hydroxyl groups excluding tert-OH is 1. The van der Waals surface area contributed by atoms with Crippen molar-refractivity contribution >= 4 is 19.8 Å². The fourth-order valence-electron chi connectivity index (χ4n) is 4.99. The largest absolute Gasteiger partial charge is 0.469 e. The molecule has 2 atom stereocenters. The first-order valence-corrected chi connectivity index (χ1v) is 21.5. The predicted molar refractivity (Wildman–Crippen MR) is 217 cm³/mol. The Morgan fingerprint density at radius 1 is 0.604 bits per heavy atom. The van der Waals surface area contributed by atoms with Crippen LogP contribution in [0.2, 0.25) is 0 Å². The molecule has 0 aromatic heterocycles.